The molecule has 0 N–H and O–H groups in total. The highest BCUT2D eigenvalue weighted by Crippen LogP contribution is 2.64. The van der Waals surface area contributed by atoms with Crippen LogP contribution in [0.2, 0.25) is 0 Å². The molecule has 1 amide bonds. The van der Waals surface area contributed by atoms with E-state index >= 15 is 0 Å². The van der Waals surface area contributed by atoms with Crippen LogP contribution in [-0.4, -0.2) is 28.9 Å². The molecule has 7 heteroatoms. The van der Waals surface area contributed by atoms with E-state index in [1.54, 1.807) is 0 Å². The van der Waals surface area contributed by atoms with E-state index in [-0.39, 0.29) is 5.91 Å². The van der Waals surface area contributed by atoms with Crippen LogP contribution in [0.3, 0.4) is 0 Å². The number of hydrogen-bond donors (Lipinski definition) is 0. The Morgan fingerprint density at radius 1 is 1.58 bits per heavy atom. The molecule has 0 aromatic carbocycles. The van der Waals surface area contributed by atoms with Crippen molar-refractivity contribution in [2.24, 2.45) is 0 Å². The van der Waals surface area contributed by atoms with Gasteiger partial charge in [0.25, 0.3) is 5.91 Å². The number of pyridine rings is 1. The fourth-order valence-corrected chi connectivity index (χ4v) is 5.42. The van der Waals surface area contributed by atoms with Crippen molar-refractivity contribution in [1.82, 2.24) is 9.88 Å². The maximum Gasteiger partial charge on any atom is 0.257 e. The van der Waals surface area contributed by atoms with E-state index in [4.69, 9.17) is 0 Å². The maximum absolute atomic E-state index is 12.7. The molecule has 4 unspecified atom stereocenters. The zero-order valence-electron chi connectivity index (χ0n) is 10.8. The second-order valence-corrected chi connectivity index (χ2v) is 13.3. The van der Waals surface area contributed by atoms with E-state index < -0.39 is 7.30 Å². The van der Waals surface area contributed by atoms with Crippen LogP contribution in [-0.2, 0) is 0 Å². The standard InChI is InChI=1S/C12H18N2OP4/c1-2-7-14-8-3-4-9-5-6-13-11(19(17)18-16)10(9)12(14)15/h3-6,18H,2,7-8,16-17H2,1H3. The Morgan fingerprint density at radius 2 is 2.37 bits per heavy atom. The first kappa shape index (κ1) is 15.5. The maximum atomic E-state index is 12.7. The Labute approximate surface area is 121 Å². The molecule has 1 aromatic rings. The first-order valence-corrected chi connectivity index (χ1v) is 12.8. The summed E-state index contributed by atoms with van der Waals surface area (Å²) in [4.78, 5) is 19.1. The molecule has 19 heavy (non-hydrogen) atoms. The molecule has 0 aliphatic carbocycles. The number of carbonyl (C=O) groups excluding carboxylic acids is 1. The highest BCUT2D eigenvalue weighted by atomic mass is 32.6. The molecular weight excluding hydrogens is 312 g/mol. The van der Waals surface area contributed by atoms with Crippen LogP contribution in [0.4, 0.5) is 0 Å². The molecule has 0 bridgehead atoms. The molecule has 0 saturated heterocycles. The molecule has 1 aromatic heterocycles. The Bertz CT molecular complexity index is 507. The SMILES string of the molecule is CCCN1CC=Cc2ccnc(P(P)PP)c2C1=O. The summed E-state index contributed by atoms with van der Waals surface area (Å²) in [6.45, 7) is 3.59. The summed E-state index contributed by atoms with van der Waals surface area (Å²) in [5, 5.41) is 0. The Kier molecular flexibility index (Phi) is 5.86. The summed E-state index contributed by atoms with van der Waals surface area (Å²) in [6.07, 6.45) is 6.90. The molecule has 0 radical (unpaired) electrons. The van der Waals surface area contributed by atoms with E-state index in [0.29, 0.717) is 14.5 Å². The molecular formula is C12H18N2OP4. The monoisotopic (exact) mass is 330 g/mol. The molecule has 0 saturated carbocycles. The fourth-order valence-electron chi connectivity index (χ4n) is 2.08. The summed E-state index contributed by atoms with van der Waals surface area (Å²) in [5.41, 5.74) is 2.77. The van der Waals surface area contributed by atoms with Crippen LogP contribution in [0, 0.1) is 0 Å². The number of carbonyl (C=O) groups is 1. The van der Waals surface area contributed by atoms with Gasteiger partial charge in [0.2, 0.25) is 0 Å². The van der Waals surface area contributed by atoms with Crippen LogP contribution >= 0.6 is 33.1 Å². The van der Waals surface area contributed by atoms with Crippen LogP contribution in [0.5, 0.6) is 0 Å². The summed E-state index contributed by atoms with van der Waals surface area (Å²) >= 11 is 0. The van der Waals surface area contributed by atoms with Crippen molar-refractivity contribution in [2.45, 2.75) is 13.3 Å². The second-order valence-electron chi connectivity index (χ2n) is 4.25. The lowest BCUT2D eigenvalue weighted by Gasteiger charge is -2.22. The van der Waals surface area contributed by atoms with Gasteiger partial charge in [0.05, 0.1) is 11.0 Å². The highest BCUT2D eigenvalue weighted by molar-refractivity contribution is 8.63. The van der Waals surface area contributed by atoms with Gasteiger partial charge < -0.3 is 4.90 Å². The van der Waals surface area contributed by atoms with Crippen molar-refractivity contribution in [1.29, 1.82) is 0 Å². The van der Waals surface area contributed by atoms with E-state index in [0.717, 1.165) is 29.5 Å². The number of hydrogen-bond acceptors (Lipinski definition) is 2. The van der Waals surface area contributed by atoms with Crippen LogP contribution in [0.1, 0.15) is 29.3 Å². The zero-order valence-corrected chi connectivity index (χ0v) is 15.0. The van der Waals surface area contributed by atoms with Gasteiger partial charge in [-0.1, -0.05) is 27.0 Å². The van der Waals surface area contributed by atoms with Crippen molar-refractivity contribution in [3.63, 3.8) is 0 Å². The summed E-state index contributed by atoms with van der Waals surface area (Å²) in [5.74, 6) is 0.128. The molecule has 1 aliphatic heterocycles. The van der Waals surface area contributed by atoms with Crippen LogP contribution in [0.15, 0.2) is 18.3 Å². The Balaban J connectivity index is 2.49. The molecule has 3 nitrogen and oxygen atoms in total. The predicted molar refractivity (Wildman–Crippen MR) is 93.8 cm³/mol. The van der Waals surface area contributed by atoms with E-state index in [2.05, 4.69) is 35.8 Å². The Morgan fingerprint density at radius 3 is 3.05 bits per heavy atom. The van der Waals surface area contributed by atoms with E-state index in [1.807, 2.05) is 23.2 Å². The van der Waals surface area contributed by atoms with Crippen LogP contribution < -0.4 is 5.44 Å². The first-order chi connectivity index (χ1) is 9.19. The number of nitrogens with zero attached hydrogens (tertiary/aromatic N) is 2. The third-order valence-corrected chi connectivity index (χ3v) is 12.8. The lowest BCUT2D eigenvalue weighted by Crippen LogP contribution is -2.34. The third kappa shape index (κ3) is 3.40. The first-order valence-electron chi connectivity index (χ1n) is 6.15. The lowest BCUT2D eigenvalue weighted by atomic mass is 10.1. The number of fused-ring (bicyclic) bond motifs is 1. The van der Waals surface area contributed by atoms with Crippen molar-refractivity contribution in [3.05, 3.63) is 29.5 Å². The zero-order chi connectivity index (χ0) is 13.8. The van der Waals surface area contributed by atoms with Gasteiger partial charge in [-0.3, -0.25) is 9.78 Å². The molecule has 2 rings (SSSR count). The topological polar surface area (TPSA) is 33.2 Å². The molecule has 2 heterocycles. The third-order valence-electron chi connectivity index (χ3n) is 2.95. The van der Waals surface area contributed by atoms with Gasteiger partial charge in [0.15, 0.2) is 0 Å². The summed E-state index contributed by atoms with van der Waals surface area (Å²) in [7, 11) is 5.88. The summed E-state index contributed by atoms with van der Waals surface area (Å²) in [6, 6.07) is 1.93. The fraction of sp³-hybridized carbons (Fsp3) is 0.333. The predicted octanol–water partition coefficient (Wildman–Crippen LogP) is 3.24. The quantitative estimate of drug-likeness (QED) is 0.794. The minimum Gasteiger partial charge on any atom is -0.335 e. The normalized spacial score (nSPS) is 16.8. The lowest BCUT2D eigenvalue weighted by molar-refractivity contribution is 0.0776. The van der Waals surface area contributed by atoms with Crippen LogP contribution in [0.25, 0.3) is 6.08 Å². The highest BCUT2D eigenvalue weighted by Gasteiger charge is 2.25. The average molecular weight is 330 g/mol. The minimum atomic E-state index is -0.440. The minimum absolute atomic E-state index is 0.128. The van der Waals surface area contributed by atoms with Gasteiger partial charge in [0, 0.05) is 19.3 Å². The van der Waals surface area contributed by atoms with Crippen molar-refractivity contribution in [2.75, 3.05) is 13.1 Å². The largest absolute Gasteiger partial charge is 0.335 e. The van der Waals surface area contributed by atoms with Gasteiger partial charge in [-0.05, 0) is 25.3 Å². The molecule has 4 atom stereocenters. The van der Waals surface area contributed by atoms with Gasteiger partial charge in [-0.2, -0.15) is 0 Å². The van der Waals surface area contributed by atoms with Gasteiger partial charge in [-0.25, -0.2) is 0 Å². The van der Waals surface area contributed by atoms with Crippen molar-refractivity contribution < 1.29 is 4.79 Å². The van der Waals surface area contributed by atoms with Crippen molar-refractivity contribution >= 4 is 50.5 Å². The number of amides is 1. The molecule has 102 valence electrons. The van der Waals surface area contributed by atoms with Gasteiger partial charge >= 0.3 is 0 Å². The Hall–Kier alpha value is 0.0800. The summed E-state index contributed by atoms with van der Waals surface area (Å²) < 4.78 is 0. The second kappa shape index (κ2) is 7.19. The smallest absolute Gasteiger partial charge is 0.257 e. The van der Waals surface area contributed by atoms with Crippen molar-refractivity contribution in [3.8, 4) is 0 Å². The molecule has 0 fully saturated rings. The molecule has 1 aliphatic rings. The van der Waals surface area contributed by atoms with E-state index in [9.17, 15) is 4.79 Å². The van der Waals surface area contributed by atoms with E-state index in [1.165, 1.54) is 0 Å². The average Bonchev–Trinajstić information content (AvgIpc) is 2.59. The number of rotatable bonds is 4. The molecule has 0 spiro atoms. The van der Waals surface area contributed by atoms with Gasteiger partial charge in [0.1, 0.15) is 0 Å². The number of aromatic nitrogens is 1. The van der Waals surface area contributed by atoms with Gasteiger partial charge in [-0.15, -0.1) is 17.9 Å².